The fourth-order valence-corrected chi connectivity index (χ4v) is 2.34. The first-order valence-corrected chi connectivity index (χ1v) is 6.82. The molecule has 0 amide bonds. The molecule has 2 nitrogen and oxygen atoms in total. The highest BCUT2D eigenvalue weighted by atomic mass is 79.9. The van der Waals surface area contributed by atoms with Gasteiger partial charge in [-0.3, -0.25) is 4.79 Å². The van der Waals surface area contributed by atoms with E-state index in [0.717, 1.165) is 15.6 Å². The Kier molecular flexibility index (Phi) is 4.38. The molecule has 0 saturated carbocycles. The van der Waals surface area contributed by atoms with Gasteiger partial charge in [0.05, 0.1) is 12.7 Å². The van der Waals surface area contributed by atoms with Crippen molar-refractivity contribution in [3.05, 3.63) is 63.6 Å². The summed E-state index contributed by atoms with van der Waals surface area (Å²) in [5, 5.41) is 0. The molecule has 2 aromatic rings. The van der Waals surface area contributed by atoms with Crippen molar-refractivity contribution in [2.24, 2.45) is 0 Å². The molecule has 2 aromatic carbocycles. The van der Waals surface area contributed by atoms with E-state index in [1.165, 1.54) is 0 Å². The average molecular weight is 319 g/mol. The Hall–Kier alpha value is -1.61. The van der Waals surface area contributed by atoms with Crippen LogP contribution in [0.15, 0.2) is 46.9 Å². The number of halogens is 1. The van der Waals surface area contributed by atoms with E-state index in [4.69, 9.17) is 4.74 Å². The molecule has 0 saturated heterocycles. The van der Waals surface area contributed by atoms with Crippen molar-refractivity contribution in [3.63, 3.8) is 0 Å². The Morgan fingerprint density at radius 3 is 2.63 bits per heavy atom. The van der Waals surface area contributed by atoms with Crippen LogP contribution in [0.3, 0.4) is 0 Å². The van der Waals surface area contributed by atoms with Gasteiger partial charge in [0.1, 0.15) is 5.75 Å². The van der Waals surface area contributed by atoms with Crippen molar-refractivity contribution in [1.29, 1.82) is 0 Å². The van der Waals surface area contributed by atoms with Crippen molar-refractivity contribution in [1.82, 2.24) is 0 Å². The monoisotopic (exact) mass is 318 g/mol. The van der Waals surface area contributed by atoms with Crippen LogP contribution in [0.2, 0.25) is 0 Å². The number of benzene rings is 2. The van der Waals surface area contributed by atoms with Gasteiger partial charge in [0.2, 0.25) is 0 Å². The van der Waals surface area contributed by atoms with Gasteiger partial charge in [-0.15, -0.1) is 0 Å². The number of carbonyl (C=O) groups is 1. The Balaban J connectivity index is 2.30. The van der Waals surface area contributed by atoms with Crippen LogP contribution in [-0.4, -0.2) is 12.9 Å². The van der Waals surface area contributed by atoms with Gasteiger partial charge in [0, 0.05) is 10.9 Å². The lowest BCUT2D eigenvalue weighted by Crippen LogP contribution is -2.07. The molecule has 0 aliphatic carbocycles. The molecule has 2 rings (SSSR count). The summed E-state index contributed by atoms with van der Waals surface area (Å²) >= 11 is 3.39. The van der Waals surface area contributed by atoms with Crippen LogP contribution in [0.4, 0.5) is 0 Å². The summed E-state index contributed by atoms with van der Waals surface area (Å²) in [5.41, 5.74) is 2.79. The molecule has 3 heteroatoms. The van der Waals surface area contributed by atoms with E-state index in [0.29, 0.717) is 17.7 Å². The highest BCUT2D eigenvalue weighted by Gasteiger charge is 2.14. The lowest BCUT2D eigenvalue weighted by molar-refractivity contribution is 0.0990. The molecule has 0 aromatic heterocycles. The van der Waals surface area contributed by atoms with E-state index in [2.05, 4.69) is 15.9 Å². The minimum absolute atomic E-state index is 0.0625. The predicted molar refractivity (Wildman–Crippen MR) is 79.9 cm³/mol. The lowest BCUT2D eigenvalue weighted by atomic mass is 9.99. The summed E-state index contributed by atoms with van der Waals surface area (Å²) in [6, 6.07) is 13.4. The summed E-state index contributed by atoms with van der Waals surface area (Å²) in [6.45, 7) is 2.01. The number of hydrogen-bond acceptors (Lipinski definition) is 2. The zero-order valence-electron chi connectivity index (χ0n) is 10.9. The van der Waals surface area contributed by atoms with Crippen molar-refractivity contribution in [2.45, 2.75) is 13.3 Å². The highest BCUT2D eigenvalue weighted by molar-refractivity contribution is 9.10. The molecule has 0 radical (unpaired) electrons. The zero-order chi connectivity index (χ0) is 13.8. The number of ether oxygens (including phenoxy) is 1. The standard InChI is InChI=1S/C16H15BrO2/c1-11-5-3-4-6-12(11)9-15(18)14-10-13(17)7-8-16(14)19-2/h3-8,10H,9H2,1-2H3. The van der Waals surface area contributed by atoms with Gasteiger partial charge in [-0.2, -0.15) is 0 Å². The maximum absolute atomic E-state index is 12.4. The van der Waals surface area contributed by atoms with Gasteiger partial charge in [-0.1, -0.05) is 40.2 Å². The highest BCUT2D eigenvalue weighted by Crippen LogP contribution is 2.24. The minimum Gasteiger partial charge on any atom is -0.496 e. The van der Waals surface area contributed by atoms with E-state index < -0.39 is 0 Å². The number of carbonyl (C=O) groups excluding carboxylic acids is 1. The summed E-state index contributed by atoms with van der Waals surface area (Å²) < 4.78 is 6.12. The molecule has 0 spiro atoms. The van der Waals surface area contributed by atoms with Gasteiger partial charge in [-0.25, -0.2) is 0 Å². The third-order valence-electron chi connectivity index (χ3n) is 3.07. The minimum atomic E-state index is 0.0625. The van der Waals surface area contributed by atoms with Crippen LogP contribution >= 0.6 is 15.9 Å². The molecular formula is C16H15BrO2. The van der Waals surface area contributed by atoms with Gasteiger partial charge >= 0.3 is 0 Å². The Labute approximate surface area is 121 Å². The van der Waals surface area contributed by atoms with Crippen molar-refractivity contribution in [2.75, 3.05) is 7.11 Å². The number of hydrogen-bond donors (Lipinski definition) is 0. The topological polar surface area (TPSA) is 26.3 Å². The number of rotatable bonds is 4. The molecule has 0 unspecified atom stereocenters. The second-order valence-corrected chi connectivity index (χ2v) is 5.29. The van der Waals surface area contributed by atoms with E-state index in [1.807, 2.05) is 37.3 Å². The summed E-state index contributed by atoms with van der Waals surface area (Å²) in [7, 11) is 1.58. The van der Waals surface area contributed by atoms with Crippen molar-refractivity contribution in [3.8, 4) is 5.75 Å². The predicted octanol–water partition coefficient (Wildman–Crippen LogP) is 4.19. The Morgan fingerprint density at radius 2 is 1.95 bits per heavy atom. The largest absolute Gasteiger partial charge is 0.496 e. The van der Waals surface area contributed by atoms with Gasteiger partial charge in [0.15, 0.2) is 5.78 Å². The fraction of sp³-hybridized carbons (Fsp3) is 0.188. The Morgan fingerprint density at radius 1 is 1.21 bits per heavy atom. The fourth-order valence-electron chi connectivity index (χ4n) is 1.97. The molecule has 0 N–H and O–H groups in total. The molecule has 0 bridgehead atoms. The zero-order valence-corrected chi connectivity index (χ0v) is 12.5. The lowest BCUT2D eigenvalue weighted by Gasteiger charge is -2.09. The van der Waals surface area contributed by atoms with E-state index in [9.17, 15) is 4.79 Å². The van der Waals surface area contributed by atoms with Crippen LogP contribution < -0.4 is 4.74 Å². The number of methoxy groups -OCH3 is 1. The molecular weight excluding hydrogens is 304 g/mol. The SMILES string of the molecule is COc1ccc(Br)cc1C(=O)Cc1ccccc1C. The van der Waals surface area contributed by atoms with Gasteiger partial charge < -0.3 is 4.74 Å². The van der Waals surface area contributed by atoms with Crippen molar-refractivity contribution >= 4 is 21.7 Å². The molecule has 0 heterocycles. The normalized spacial score (nSPS) is 10.3. The van der Waals surface area contributed by atoms with E-state index in [-0.39, 0.29) is 5.78 Å². The van der Waals surface area contributed by atoms with Gasteiger partial charge in [-0.05, 0) is 36.2 Å². The molecule has 0 fully saturated rings. The Bertz CT molecular complexity index is 605. The van der Waals surface area contributed by atoms with Crippen LogP contribution in [0.5, 0.6) is 5.75 Å². The quantitative estimate of drug-likeness (QED) is 0.790. The van der Waals surface area contributed by atoms with E-state index >= 15 is 0 Å². The summed E-state index contributed by atoms with van der Waals surface area (Å²) in [5.74, 6) is 0.675. The third-order valence-corrected chi connectivity index (χ3v) is 3.57. The first-order valence-electron chi connectivity index (χ1n) is 6.03. The maximum Gasteiger partial charge on any atom is 0.171 e. The van der Waals surface area contributed by atoms with Gasteiger partial charge in [0.25, 0.3) is 0 Å². The molecule has 0 atom stereocenters. The smallest absolute Gasteiger partial charge is 0.171 e. The molecule has 0 aliphatic heterocycles. The molecule has 98 valence electrons. The first kappa shape index (κ1) is 13.8. The van der Waals surface area contributed by atoms with Crippen LogP contribution in [0.1, 0.15) is 21.5 Å². The number of Topliss-reactive ketones (excluding diaryl/α,β-unsaturated/α-hetero) is 1. The van der Waals surface area contributed by atoms with E-state index in [1.54, 1.807) is 19.2 Å². The van der Waals surface area contributed by atoms with Crippen molar-refractivity contribution < 1.29 is 9.53 Å². The maximum atomic E-state index is 12.4. The molecule has 19 heavy (non-hydrogen) atoms. The second kappa shape index (κ2) is 6.02. The molecule has 0 aliphatic rings. The summed E-state index contributed by atoms with van der Waals surface area (Å²) in [4.78, 5) is 12.4. The summed E-state index contributed by atoms with van der Waals surface area (Å²) in [6.07, 6.45) is 0.388. The third kappa shape index (κ3) is 3.24. The number of ketones is 1. The number of aryl methyl sites for hydroxylation is 1. The van der Waals surface area contributed by atoms with Crippen LogP contribution in [0, 0.1) is 6.92 Å². The first-order chi connectivity index (χ1) is 9.11. The second-order valence-electron chi connectivity index (χ2n) is 4.37. The average Bonchev–Trinajstić information content (AvgIpc) is 2.41. The van der Waals surface area contributed by atoms with Crippen LogP contribution in [0.25, 0.3) is 0 Å². The van der Waals surface area contributed by atoms with Crippen LogP contribution in [-0.2, 0) is 6.42 Å².